The molecule has 0 fully saturated rings. The number of carbonyl (C=O) groups excluding carboxylic acids is 1. The van der Waals surface area contributed by atoms with Gasteiger partial charge in [0, 0.05) is 18.9 Å². The summed E-state index contributed by atoms with van der Waals surface area (Å²) >= 11 is 0. The number of aliphatic carboxylic acids is 1. The molecule has 0 radical (unpaired) electrons. The summed E-state index contributed by atoms with van der Waals surface area (Å²) < 4.78 is 5.88. The lowest BCUT2D eigenvalue weighted by Crippen LogP contribution is -2.41. The van der Waals surface area contributed by atoms with Crippen LogP contribution >= 0.6 is 0 Å². The van der Waals surface area contributed by atoms with Crippen molar-refractivity contribution < 1.29 is 23.9 Å². The second kappa shape index (κ2) is 11.3. The average molecular weight is 300 g/mol. The molecule has 0 saturated heterocycles. The number of quaternary nitrogens is 1. The van der Waals surface area contributed by atoms with Crippen molar-refractivity contribution in [3.63, 3.8) is 0 Å². The van der Waals surface area contributed by atoms with E-state index >= 15 is 0 Å². The quantitative estimate of drug-likeness (QED) is 0.246. The molecular weight excluding hydrogens is 270 g/mol. The van der Waals surface area contributed by atoms with Gasteiger partial charge < -0.3 is 14.3 Å². The molecule has 0 saturated carbocycles. The highest BCUT2D eigenvalue weighted by Gasteiger charge is 2.14. The predicted molar refractivity (Wildman–Crippen MR) is 83.0 cm³/mol. The Bertz CT molecular complexity index is 326. The molecule has 21 heavy (non-hydrogen) atoms. The van der Waals surface area contributed by atoms with Crippen LogP contribution in [0, 0.1) is 0 Å². The third kappa shape index (κ3) is 13.4. The number of hydrogen-bond acceptors (Lipinski definition) is 3. The number of carboxylic acids is 1. The van der Waals surface area contributed by atoms with Crippen molar-refractivity contribution in [2.24, 2.45) is 0 Å². The summed E-state index contributed by atoms with van der Waals surface area (Å²) in [6.45, 7) is 5.87. The average Bonchev–Trinajstić information content (AvgIpc) is 2.41. The van der Waals surface area contributed by atoms with E-state index in [1.165, 1.54) is 6.08 Å². The topological polar surface area (TPSA) is 63.6 Å². The zero-order valence-corrected chi connectivity index (χ0v) is 13.5. The first kappa shape index (κ1) is 19.6. The molecule has 0 bridgehead atoms. The fraction of sp³-hybridized carbons (Fsp3) is 0.750. The van der Waals surface area contributed by atoms with Crippen molar-refractivity contribution in [2.75, 3.05) is 33.8 Å². The monoisotopic (exact) mass is 300 g/mol. The lowest BCUT2D eigenvalue weighted by atomic mass is 10.1. The maximum atomic E-state index is 10.9. The van der Waals surface area contributed by atoms with Gasteiger partial charge in [0.05, 0.1) is 33.8 Å². The van der Waals surface area contributed by atoms with Crippen LogP contribution in [0.3, 0.4) is 0 Å². The van der Waals surface area contributed by atoms with Crippen LogP contribution in [0.5, 0.6) is 0 Å². The minimum Gasteiger partial charge on any atom is -0.481 e. The summed E-state index contributed by atoms with van der Waals surface area (Å²) in [5, 5.41) is 8.54. The molecule has 1 N–H and O–H groups in total. The zero-order valence-electron chi connectivity index (χ0n) is 13.5. The minimum absolute atomic E-state index is 0.283. The van der Waals surface area contributed by atoms with Gasteiger partial charge in [-0.2, -0.15) is 0 Å². The van der Waals surface area contributed by atoms with Crippen LogP contribution in [0.4, 0.5) is 0 Å². The molecule has 0 unspecified atom stereocenters. The van der Waals surface area contributed by atoms with Crippen LogP contribution in [-0.4, -0.2) is 55.3 Å². The molecule has 0 heterocycles. The van der Waals surface area contributed by atoms with Gasteiger partial charge in [0.2, 0.25) is 0 Å². The van der Waals surface area contributed by atoms with Crippen molar-refractivity contribution in [2.45, 2.75) is 44.9 Å². The zero-order chi connectivity index (χ0) is 16.1. The number of carbonyl (C=O) groups is 2. The molecule has 5 heteroatoms. The van der Waals surface area contributed by atoms with E-state index in [1.807, 2.05) is 0 Å². The Morgan fingerprint density at radius 1 is 1.05 bits per heavy atom. The molecule has 0 atom stereocenters. The van der Waals surface area contributed by atoms with Crippen molar-refractivity contribution in [3.8, 4) is 0 Å². The molecule has 0 aromatic carbocycles. The largest absolute Gasteiger partial charge is 0.481 e. The third-order valence-corrected chi connectivity index (χ3v) is 3.47. The number of hydrogen-bond donors (Lipinski definition) is 1. The van der Waals surface area contributed by atoms with Crippen LogP contribution in [0.15, 0.2) is 12.7 Å². The Balaban J connectivity index is 3.52. The Kier molecular flexibility index (Phi) is 10.6. The Hall–Kier alpha value is -1.36. The van der Waals surface area contributed by atoms with Gasteiger partial charge in [-0.1, -0.05) is 19.4 Å². The van der Waals surface area contributed by atoms with Crippen molar-refractivity contribution in [1.29, 1.82) is 0 Å². The van der Waals surface area contributed by atoms with E-state index in [0.29, 0.717) is 6.61 Å². The van der Waals surface area contributed by atoms with Gasteiger partial charge in [-0.3, -0.25) is 4.79 Å². The second-order valence-electron chi connectivity index (χ2n) is 6.02. The van der Waals surface area contributed by atoms with Crippen LogP contribution in [0.2, 0.25) is 0 Å². The lowest BCUT2D eigenvalue weighted by molar-refractivity contribution is -0.890. The van der Waals surface area contributed by atoms with E-state index < -0.39 is 5.97 Å². The van der Waals surface area contributed by atoms with E-state index in [2.05, 4.69) is 20.7 Å². The van der Waals surface area contributed by atoms with Crippen LogP contribution < -0.4 is 0 Å². The summed E-state index contributed by atoms with van der Waals surface area (Å²) in [5.41, 5.74) is 0. The fourth-order valence-electron chi connectivity index (χ4n) is 2.18. The van der Waals surface area contributed by atoms with Crippen molar-refractivity contribution >= 4 is 11.9 Å². The van der Waals surface area contributed by atoms with Gasteiger partial charge in [0.25, 0.3) is 0 Å². The Labute approximate surface area is 128 Å². The van der Waals surface area contributed by atoms with Gasteiger partial charge in [0.1, 0.15) is 0 Å². The SMILES string of the molecule is C=CC(=O)OCCC[N+](C)(C)CCCCCCCC(=O)O. The van der Waals surface area contributed by atoms with Crippen molar-refractivity contribution in [1.82, 2.24) is 0 Å². The van der Waals surface area contributed by atoms with Gasteiger partial charge >= 0.3 is 11.9 Å². The highest BCUT2D eigenvalue weighted by molar-refractivity contribution is 5.81. The number of unbranched alkanes of at least 4 members (excludes halogenated alkanes) is 4. The number of carboxylic acid groups (broad SMARTS) is 1. The second-order valence-corrected chi connectivity index (χ2v) is 6.02. The maximum Gasteiger partial charge on any atom is 0.330 e. The van der Waals surface area contributed by atoms with Crippen LogP contribution in [0.1, 0.15) is 44.9 Å². The molecule has 122 valence electrons. The smallest absolute Gasteiger partial charge is 0.330 e. The molecular formula is C16H30NO4+. The molecule has 0 rings (SSSR count). The summed E-state index contributed by atoms with van der Waals surface area (Å²) in [4.78, 5) is 21.3. The number of nitrogens with zero attached hydrogens (tertiary/aromatic N) is 1. The van der Waals surface area contributed by atoms with Gasteiger partial charge in [-0.05, 0) is 19.3 Å². The highest BCUT2D eigenvalue weighted by Crippen LogP contribution is 2.09. The van der Waals surface area contributed by atoms with E-state index in [1.54, 1.807) is 0 Å². The van der Waals surface area contributed by atoms with Crippen LogP contribution in [0.25, 0.3) is 0 Å². The first-order valence-electron chi connectivity index (χ1n) is 7.70. The van der Waals surface area contributed by atoms with Gasteiger partial charge in [-0.15, -0.1) is 0 Å². The van der Waals surface area contributed by atoms with E-state index in [4.69, 9.17) is 9.84 Å². The maximum absolute atomic E-state index is 10.9. The number of rotatable bonds is 13. The summed E-state index contributed by atoms with van der Waals surface area (Å²) in [5.74, 6) is -1.06. The summed E-state index contributed by atoms with van der Waals surface area (Å²) in [7, 11) is 4.36. The van der Waals surface area contributed by atoms with Gasteiger partial charge in [-0.25, -0.2) is 4.79 Å². The van der Waals surface area contributed by atoms with Gasteiger partial charge in [0.15, 0.2) is 0 Å². The normalized spacial score (nSPS) is 11.1. The molecule has 0 aliphatic rings. The third-order valence-electron chi connectivity index (χ3n) is 3.47. The Morgan fingerprint density at radius 3 is 2.24 bits per heavy atom. The van der Waals surface area contributed by atoms with Crippen molar-refractivity contribution in [3.05, 3.63) is 12.7 Å². The summed E-state index contributed by atoms with van der Waals surface area (Å²) in [6.07, 6.45) is 7.49. The molecule has 0 aromatic rings. The molecule has 0 aliphatic carbocycles. The molecule has 5 nitrogen and oxygen atoms in total. The molecule has 0 spiro atoms. The fourth-order valence-corrected chi connectivity index (χ4v) is 2.18. The molecule has 0 aromatic heterocycles. The highest BCUT2D eigenvalue weighted by atomic mass is 16.5. The minimum atomic E-state index is -0.704. The Morgan fingerprint density at radius 2 is 1.62 bits per heavy atom. The lowest BCUT2D eigenvalue weighted by Gasteiger charge is -2.29. The molecule has 0 amide bonds. The standard InChI is InChI=1S/C16H29NO4/c1-4-16(20)21-14-10-13-17(2,3)12-9-7-5-6-8-11-15(18)19/h4H,1,5-14H2,2-3H3/p+1. The number of esters is 1. The summed E-state index contributed by atoms with van der Waals surface area (Å²) in [6, 6.07) is 0. The first-order valence-corrected chi connectivity index (χ1v) is 7.70. The predicted octanol–water partition coefficient (Wildman–Crippen LogP) is 2.61. The number of ether oxygens (including phenoxy) is 1. The van der Waals surface area contributed by atoms with E-state index in [0.717, 1.165) is 56.1 Å². The van der Waals surface area contributed by atoms with E-state index in [-0.39, 0.29) is 12.4 Å². The van der Waals surface area contributed by atoms with Crippen LogP contribution in [-0.2, 0) is 14.3 Å². The molecule has 0 aliphatic heterocycles. The first-order chi connectivity index (χ1) is 9.87. The van der Waals surface area contributed by atoms with E-state index in [9.17, 15) is 9.59 Å².